The largest absolute Gasteiger partial charge is 0.422 e. The third-order valence-electron chi connectivity index (χ3n) is 4.66. The molecule has 0 aliphatic carbocycles. The molecule has 0 aliphatic rings. The monoisotopic (exact) mass is 377 g/mol. The first-order valence-corrected chi connectivity index (χ1v) is 9.65. The van der Waals surface area contributed by atoms with E-state index in [-0.39, 0.29) is 5.63 Å². The fourth-order valence-electron chi connectivity index (χ4n) is 2.94. The fourth-order valence-corrected chi connectivity index (χ4v) is 3.73. The highest BCUT2D eigenvalue weighted by atomic mass is 32.2. The Morgan fingerprint density at radius 2 is 1.85 bits per heavy atom. The van der Waals surface area contributed by atoms with Gasteiger partial charge in [-0.05, 0) is 37.5 Å². The number of aromatic nitrogens is 3. The summed E-state index contributed by atoms with van der Waals surface area (Å²) in [6, 6.07) is 13.7. The standard InChI is InChI=1S/C21H19N3O2S/c1-12-4-7-15(8-5-12)20-22-21(24-23-20)27-11-16-10-18(25)26-19-14(3)13(2)6-9-17(16)19/h4-10H,11H2,1-3H3,(H,22,23,24). The summed E-state index contributed by atoms with van der Waals surface area (Å²) >= 11 is 1.49. The molecule has 0 bridgehead atoms. The van der Waals surface area contributed by atoms with E-state index in [4.69, 9.17) is 4.42 Å². The molecule has 0 saturated carbocycles. The maximum atomic E-state index is 12.0. The van der Waals surface area contributed by atoms with Gasteiger partial charge in [0.1, 0.15) is 5.58 Å². The van der Waals surface area contributed by atoms with Crippen molar-refractivity contribution in [2.45, 2.75) is 31.7 Å². The van der Waals surface area contributed by atoms with Crippen molar-refractivity contribution in [1.82, 2.24) is 15.2 Å². The molecule has 0 aliphatic heterocycles. The molecule has 5 nitrogen and oxygen atoms in total. The summed E-state index contributed by atoms with van der Waals surface area (Å²) in [6.07, 6.45) is 0. The van der Waals surface area contributed by atoms with Crippen molar-refractivity contribution < 1.29 is 4.42 Å². The zero-order valence-corrected chi connectivity index (χ0v) is 16.2. The molecule has 0 amide bonds. The lowest BCUT2D eigenvalue weighted by atomic mass is 10.0. The second-order valence-electron chi connectivity index (χ2n) is 6.60. The third kappa shape index (κ3) is 3.53. The summed E-state index contributed by atoms with van der Waals surface area (Å²) in [7, 11) is 0. The number of rotatable bonds is 4. The molecular formula is C21H19N3O2S. The van der Waals surface area contributed by atoms with Crippen LogP contribution in [-0.4, -0.2) is 15.2 Å². The van der Waals surface area contributed by atoms with E-state index in [1.165, 1.54) is 17.3 Å². The number of benzene rings is 2. The minimum Gasteiger partial charge on any atom is -0.422 e. The van der Waals surface area contributed by atoms with Gasteiger partial charge in [0.15, 0.2) is 5.82 Å². The normalized spacial score (nSPS) is 11.2. The third-order valence-corrected chi connectivity index (χ3v) is 5.56. The Kier molecular flexibility index (Phi) is 4.58. The highest BCUT2D eigenvalue weighted by Gasteiger charge is 2.12. The number of fused-ring (bicyclic) bond motifs is 1. The van der Waals surface area contributed by atoms with E-state index >= 15 is 0 Å². The number of aromatic amines is 1. The van der Waals surface area contributed by atoms with Crippen LogP contribution in [0.2, 0.25) is 0 Å². The fraction of sp³-hybridized carbons (Fsp3) is 0.190. The Balaban J connectivity index is 1.60. The van der Waals surface area contributed by atoms with Crippen LogP contribution in [0.25, 0.3) is 22.4 Å². The quantitative estimate of drug-likeness (QED) is 0.409. The topological polar surface area (TPSA) is 71.8 Å². The number of hydrogen-bond donors (Lipinski definition) is 1. The predicted molar refractivity (Wildman–Crippen MR) is 108 cm³/mol. The molecule has 4 rings (SSSR count). The molecule has 2 aromatic heterocycles. The van der Waals surface area contributed by atoms with Gasteiger partial charge in [-0.1, -0.05) is 53.7 Å². The van der Waals surface area contributed by atoms with Gasteiger partial charge < -0.3 is 4.42 Å². The molecule has 2 aromatic carbocycles. The minimum atomic E-state index is -0.331. The van der Waals surface area contributed by atoms with Crippen LogP contribution < -0.4 is 5.63 Å². The lowest BCUT2D eigenvalue weighted by Crippen LogP contribution is -2.01. The molecule has 2 heterocycles. The Labute approximate surface area is 160 Å². The first-order chi connectivity index (χ1) is 13.0. The number of thioether (sulfide) groups is 1. The Morgan fingerprint density at radius 3 is 2.63 bits per heavy atom. The summed E-state index contributed by atoms with van der Waals surface area (Å²) in [5.41, 5.74) is 5.56. The number of nitrogens with one attached hydrogen (secondary N) is 1. The summed E-state index contributed by atoms with van der Waals surface area (Å²) in [6.45, 7) is 6.03. The van der Waals surface area contributed by atoms with Gasteiger partial charge in [0.2, 0.25) is 5.16 Å². The van der Waals surface area contributed by atoms with Crippen LogP contribution in [-0.2, 0) is 5.75 Å². The average Bonchev–Trinajstić information content (AvgIpc) is 3.13. The zero-order chi connectivity index (χ0) is 19.0. The smallest absolute Gasteiger partial charge is 0.336 e. The summed E-state index contributed by atoms with van der Waals surface area (Å²) in [4.78, 5) is 16.5. The molecule has 0 radical (unpaired) electrons. The summed E-state index contributed by atoms with van der Waals surface area (Å²) < 4.78 is 5.44. The molecule has 0 spiro atoms. The molecule has 4 aromatic rings. The number of nitrogens with zero attached hydrogens (tertiary/aromatic N) is 2. The SMILES string of the molecule is Cc1ccc(-c2nc(SCc3cc(=O)oc4c(C)c(C)ccc34)n[nH]2)cc1. The predicted octanol–water partition coefficient (Wildman–Crippen LogP) is 4.80. The Hall–Kier alpha value is -2.86. The number of H-pyrrole nitrogens is 1. The molecule has 0 atom stereocenters. The van der Waals surface area contributed by atoms with Crippen molar-refractivity contribution in [2.24, 2.45) is 0 Å². The van der Waals surface area contributed by atoms with Crippen molar-refractivity contribution in [3.05, 3.63) is 75.1 Å². The molecular weight excluding hydrogens is 358 g/mol. The Bertz CT molecular complexity index is 1180. The molecule has 0 fully saturated rings. The average molecular weight is 377 g/mol. The van der Waals surface area contributed by atoms with Crippen LogP contribution in [0.3, 0.4) is 0 Å². The highest BCUT2D eigenvalue weighted by Crippen LogP contribution is 2.28. The molecule has 0 unspecified atom stereocenters. The zero-order valence-electron chi connectivity index (χ0n) is 15.4. The van der Waals surface area contributed by atoms with Gasteiger partial charge in [0, 0.05) is 22.8 Å². The van der Waals surface area contributed by atoms with Crippen LogP contribution in [0, 0.1) is 20.8 Å². The van der Waals surface area contributed by atoms with E-state index in [2.05, 4.69) is 22.1 Å². The van der Waals surface area contributed by atoms with Crippen LogP contribution >= 0.6 is 11.8 Å². The molecule has 27 heavy (non-hydrogen) atoms. The van der Waals surface area contributed by atoms with E-state index in [9.17, 15) is 4.79 Å². The van der Waals surface area contributed by atoms with Crippen LogP contribution in [0.4, 0.5) is 0 Å². The van der Waals surface area contributed by atoms with Crippen molar-refractivity contribution in [3.8, 4) is 11.4 Å². The van der Waals surface area contributed by atoms with Crippen molar-refractivity contribution in [2.75, 3.05) is 0 Å². The van der Waals surface area contributed by atoms with Gasteiger partial charge in [0.05, 0.1) is 0 Å². The number of aryl methyl sites for hydroxylation is 3. The second kappa shape index (κ2) is 7.04. The van der Waals surface area contributed by atoms with Gasteiger partial charge in [-0.15, -0.1) is 5.10 Å². The van der Waals surface area contributed by atoms with Crippen LogP contribution in [0.1, 0.15) is 22.3 Å². The maximum absolute atomic E-state index is 12.0. The summed E-state index contributed by atoms with van der Waals surface area (Å²) in [5.74, 6) is 1.33. The maximum Gasteiger partial charge on any atom is 0.336 e. The minimum absolute atomic E-state index is 0.331. The van der Waals surface area contributed by atoms with E-state index in [1.807, 2.05) is 50.2 Å². The van der Waals surface area contributed by atoms with Gasteiger partial charge in [0.25, 0.3) is 0 Å². The van der Waals surface area contributed by atoms with E-state index in [1.54, 1.807) is 6.07 Å². The van der Waals surface area contributed by atoms with E-state index in [0.717, 1.165) is 33.5 Å². The molecule has 136 valence electrons. The molecule has 0 saturated heterocycles. The van der Waals surface area contributed by atoms with Crippen molar-refractivity contribution in [1.29, 1.82) is 0 Å². The molecule has 1 N–H and O–H groups in total. The lowest BCUT2D eigenvalue weighted by Gasteiger charge is -2.08. The van der Waals surface area contributed by atoms with E-state index in [0.29, 0.717) is 16.5 Å². The number of hydrogen-bond acceptors (Lipinski definition) is 5. The molecule has 6 heteroatoms. The lowest BCUT2D eigenvalue weighted by molar-refractivity contribution is 0.557. The first-order valence-electron chi connectivity index (χ1n) is 8.66. The van der Waals surface area contributed by atoms with E-state index < -0.39 is 0 Å². The van der Waals surface area contributed by atoms with Gasteiger partial charge in [-0.25, -0.2) is 9.78 Å². The van der Waals surface area contributed by atoms with Crippen LogP contribution in [0.15, 0.2) is 56.8 Å². The van der Waals surface area contributed by atoms with Crippen LogP contribution in [0.5, 0.6) is 0 Å². The first kappa shape index (κ1) is 17.5. The van der Waals surface area contributed by atoms with Gasteiger partial charge >= 0.3 is 5.63 Å². The van der Waals surface area contributed by atoms with Gasteiger partial charge in [-0.2, -0.15) is 0 Å². The van der Waals surface area contributed by atoms with Crippen molar-refractivity contribution in [3.63, 3.8) is 0 Å². The summed E-state index contributed by atoms with van der Waals surface area (Å²) in [5, 5.41) is 8.88. The second-order valence-corrected chi connectivity index (χ2v) is 7.54. The van der Waals surface area contributed by atoms with Gasteiger partial charge in [-0.3, -0.25) is 5.10 Å². The highest BCUT2D eigenvalue weighted by molar-refractivity contribution is 7.98. The van der Waals surface area contributed by atoms with Crippen molar-refractivity contribution >= 4 is 22.7 Å². The Morgan fingerprint density at radius 1 is 1.07 bits per heavy atom.